The maximum absolute atomic E-state index is 13.0. The number of nitrogens with zero attached hydrogens (tertiary/aromatic N) is 2. The van der Waals surface area contributed by atoms with Crippen molar-refractivity contribution < 1.29 is 28.6 Å². The Kier molecular flexibility index (Phi) is 6.84. The molecule has 3 amide bonds. The summed E-state index contributed by atoms with van der Waals surface area (Å²) < 4.78 is 15.7. The number of pyridine rings is 1. The number of nitrogens with one attached hydrogen (secondary N) is 1. The van der Waals surface area contributed by atoms with E-state index in [-0.39, 0.29) is 23.9 Å². The lowest BCUT2D eigenvalue weighted by Gasteiger charge is -2.16. The van der Waals surface area contributed by atoms with E-state index < -0.39 is 5.91 Å². The first-order chi connectivity index (χ1) is 16.5. The molecule has 0 saturated heterocycles. The number of imide groups is 1. The van der Waals surface area contributed by atoms with E-state index in [0.717, 1.165) is 0 Å². The van der Waals surface area contributed by atoms with Crippen LogP contribution in [0.1, 0.15) is 36.6 Å². The summed E-state index contributed by atoms with van der Waals surface area (Å²) in [6, 6.07) is 15.0. The maximum Gasteiger partial charge on any atom is 0.261 e. The van der Waals surface area contributed by atoms with E-state index in [0.29, 0.717) is 47.2 Å². The summed E-state index contributed by atoms with van der Waals surface area (Å²) in [6.45, 7) is 0.842. The van der Waals surface area contributed by atoms with Gasteiger partial charge in [0, 0.05) is 13.2 Å². The second-order valence-corrected chi connectivity index (χ2v) is 7.46. The highest BCUT2D eigenvalue weighted by Crippen LogP contribution is 2.27. The number of anilines is 1. The topological polar surface area (TPSA) is 107 Å². The van der Waals surface area contributed by atoms with Crippen LogP contribution in [0.15, 0.2) is 60.8 Å². The number of carbonyl (C=O) groups is 3. The predicted molar refractivity (Wildman–Crippen MR) is 123 cm³/mol. The van der Waals surface area contributed by atoms with Crippen molar-refractivity contribution in [3.05, 3.63) is 83.0 Å². The lowest BCUT2D eigenvalue weighted by molar-refractivity contribution is 0.0642. The Morgan fingerprint density at radius 1 is 0.971 bits per heavy atom. The fourth-order valence-electron chi connectivity index (χ4n) is 3.56. The number of hydrogen-bond donors (Lipinski definition) is 1. The Balaban J connectivity index is 1.49. The Morgan fingerprint density at radius 2 is 1.71 bits per heavy atom. The minimum absolute atomic E-state index is 0.0334. The second kappa shape index (κ2) is 10.1. The monoisotopic (exact) mass is 461 g/mol. The molecule has 1 N–H and O–H groups in total. The fraction of sp³-hybridized carbons (Fsp3) is 0.200. The first-order valence-electron chi connectivity index (χ1n) is 10.5. The summed E-state index contributed by atoms with van der Waals surface area (Å²) in [5.74, 6) is -0.370. The SMILES string of the molecule is COCCOc1ccc(NC(=O)c2cc(CN3C(=O)c4ccccc4C3=O)ccc2OC)cn1. The van der Waals surface area contributed by atoms with E-state index in [1.165, 1.54) is 18.2 Å². The van der Waals surface area contributed by atoms with Crippen molar-refractivity contribution in [1.82, 2.24) is 9.88 Å². The molecule has 0 radical (unpaired) electrons. The van der Waals surface area contributed by atoms with Gasteiger partial charge in [0.05, 0.1) is 48.8 Å². The van der Waals surface area contributed by atoms with Crippen LogP contribution in [0.25, 0.3) is 0 Å². The third kappa shape index (κ3) is 4.74. The van der Waals surface area contributed by atoms with Crippen molar-refractivity contribution in [3.8, 4) is 11.6 Å². The molecule has 0 atom stereocenters. The van der Waals surface area contributed by atoms with Crippen LogP contribution < -0.4 is 14.8 Å². The Morgan fingerprint density at radius 3 is 2.32 bits per heavy atom. The fourth-order valence-corrected chi connectivity index (χ4v) is 3.56. The molecule has 2 aromatic carbocycles. The van der Waals surface area contributed by atoms with Gasteiger partial charge in [-0.05, 0) is 35.9 Å². The molecular weight excluding hydrogens is 438 g/mol. The third-order valence-corrected chi connectivity index (χ3v) is 5.26. The molecule has 9 nitrogen and oxygen atoms in total. The molecule has 1 aliphatic rings. The van der Waals surface area contributed by atoms with Gasteiger partial charge in [-0.25, -0.2) is 4.98 Å². The number of hydrogen-bond acceptors (Lipinski definition) is 7. The van der Waals surface area contributed by atoms with Crippen molar-refractivity contribution in [2.45, 2.75) is 6.54 Å². The highest BCUT2D eigenvalue weighted by molar-refractivity contribution is 6.21. The number of carbonyl (C=O) groups excluding carboxylic acids is 3. The minimum Gasteiger partial charge on any atom is -0.496 e. The van der Waals surface area contributed by atoms with E-state index in [1.807, 2.05) is 0 Å². The summed E-state index contributed by atoms with van der Waals surface area (Å²) in [5.41, 5.74) is 2.09. The molecule has 0 unspecified atom stereocenters. The number of aromatic nitrogens is 1. The van der Waals surface area contributed by atoms with Crippen molar-refractivity contribution in [3.63, 3.8) is 0 Å². The van der Waals surface area contributed by atoms with Gasteiger partial charge in [-0.3, -0.25) is 19.3 Å². The average molecular weight is 461 g/mol. The first kappa shape index (κ1) is 22.9. The van der Waals surface area contributed by atoms with E-state index in [4.69, 9.17) is 14.2 Å². The van der Waals surface area contributed by atoms with Crippen LogP contribution in [0, 0.1) is 0 Å². The second-order valence-electron chi connectivity index (χ2n) is 7.46. The summed E-state index contributed by atoms with van der Waals surface area (Å²) >= 11 is 0. The Hall–Kier alpha value is -4.24. The van der Waals surface area contributed by atoms with Gasteiger partial charge in [-0.1, -0.05) is 18.2 Å². The molecule has 3 aromatic rings. The molecule has 0 spiro atoms. The standard InChI is InChI=1S/C25H23N3O6/c1-32-11-12-34-22-10-8-17(14-26-22)27-23(29)20-13-16(7-9-21(20)33-2)15-28-24(30)18-5-3-4-6-19(18)25(28)31/h3-10,13-14H,11-12,15H2,1-2H3,(H,27,29). The molecule has 0 saturated carbocycles. The molecular formula is C25H23N3O6. The molecule has 9 heteroatoms. The van der Waals surface area contributed by atoms with Crippen molar-refractivity contribution in [2.75, 3.05) is 32.8 Å². The summed E-state index contributed by atoms with van der Waals surface area (Å²) in [7, 11) is 3.04. The summed E-state index contributed by atoms with van der Waals surface area (Å²) in [5, 5.41) is 2.77. The van der Waals surface area contributed by atoms with Crippen LogP contribution in [-0.4, -0.2) is 55.0 Å². The van der Waals surface area contributed by atoms with Gasteiger partial charge in [-0.2, -0.15) is 0 Å². The first-order valence-corrected chi connectivity index (χ1v) is 10.5. The molecule has 174 valence electrons. The Labute approximate surface area is 196 Å². The van der Waals surface area contributed by atoms with Crippen LogP contribution in [0.5, 0.6) is 11.6 Å². The smallest absolute Gasteiger partial charge is 0.261 e. The third-order valence-electron chi connectivity index (χ3n) is 5.26. The lowest BCUT2D eigenvalue weighted by Crippen LogP contribution is -2.29. The van der Waals surface area contributed by atoms with Crippen molar-refractivity contribution in [1.29, 1.82) is 0 Å². The van der Waals surface area contributed by atoms with Crippen LogP contribution in [-0.2, 0) is 11.3 Å². The number of fused-ring (bicyclic) bond motifs is 1. The number of amides is 3. The van der Waals surface area contributed by atoms with Crippen LogP contribution >= 0.6 is 0 Å². The molecule has 4 rings (SSSR count). The number of methoxy groups -OCH3 is 2. The average Bonchev–Trinajstić information content (AvgIpc) is 3.10. The van der Waals surface area contributed by atoms with Crippen molar-refractivity contribution in [2.24, 2.45) is 0 Å². The van der Waals surface area contributed by atoms with Crippen LogP contribution in [0.3, 0.4) is 0 Å². The highest BCUT2D eigenvalue weighted by Gasteiger charge is 2.35. The maximum atomic E-state index is 13.0. The van der Waals surface area contributed by atoms with Crippen molar-refractivity contribution >= 4 is 23.4 Å². The molecule has 1 aliphatic heterocycles. The van der Waals surface area contributed by atoms with E-state index in [9.17, 15) is 14.4 Å². The summed E-state index contributed by atoms with van der Waals surface area (Å²) in [6.07, 6.45) is 1.48. The molecule has 2 heterocycles. The molecule has 34 heavy (non-hydrogen) atoms. The van der Waals surface area contributed by atoms with E-state index >= 15 is 0 Å². The van der Waals surface area contributed by atoms with E-state index in [2.05, 4.69) is 10.3 Å². The largest absolute Gasteiger partial charge is 0.496 e. The van der Waals surface area contributed by atoms with Gasteiger partial charge >= 0.3 is 0 Å². The summed E-state index contributed by atoms with van der Waals surface area (Å²) in [4.78, 5) is 43.7. The predicted octanol–water partition coefficient (Wildman–Crippen LogP) is 3.16. The number of rotatable bonds is 9. The Bertz CT molecular complexity index is 1190. The zero-order valence-corrected chi connectivity index (χ0v) is 18.7. The number of benzene rings is 2. The molecule has 0 bridgehead atoms. The van der Waals surface area contributed by atoms with Gasteiger partial charge < -0.3 is 19.5 Å². The van der Waals surface area contributed by atoms with Gasteiger partial charge in [0.1, 0.15) is 12.4 Å². The van der Waals surface area contributed by atoms with E-state index in [1.54, 1.807) is 61.7 Å². The molecule has 0 aliphatic carbocycles. The molecule has 0 fully saturated rings. The van der Waals surface area contributed by atoms with Gasteiger partial charge in [-0.15, -0.1) is 0 Å². The van der Waals surface area contributed by atoms with Crippen LogP contribution in [0.4, 0.5) is 5.69 Å². The van der Waals surface area contributed by atoms with Gasteiger partial charge in [0.2, 0.25) is 5.88 Å². The zero-order valence-electron chi connectivity index (χ0n) is 18.7. The normalized spacial score (nSPS) is 12.5. The van der Waals surface area contributed by atoms with Crippen LogP contribution in [0.2, 0.25) is 0 Å². The minimum atomic E-state index is -0.420. The number of ether oxygens (including phenoxy) is 3. The quantitative estimate of drug-likeness (QED) is 0.385. The zero-order chi connectivity index (χ0) is 24.1. The molecule has 1 aromatic heterocycles. The van der Waals surface area contributed by atoms with Gasteiger partial charge in [0.15, 0.2) is 0 Å². The highest BCUT2D eigenvalue weighted by atomic mass is 16.5. The lowest BCUT2D eigenvalue weighted by atomic mass is 10.1. The van der Waals surface area contributed by atoms with Gasteiger partial charge in [0.25, 0.3) is 17.7 Å².